The second kappa shape index (κ2) is 7.80. The summed E-state index contributed by atoms with van der Waals surface area (Å²) in [7, 11) is -0.736. The molecule has 2 heterocycles. The third-order valence-electron chi connectivity index (χ3n) is 2.93. The van der Waals surface area contributed by atoms with Crippen LogP contribution in [0.15, 0.2) is 24.5 Å². The maximum absolute atomic E-state index is 11.9. The summed E-state index contributed by atoms with van der Waals surface area (Å²) >= 11 is 0. The van der Waals surface area contributed by atoms with Gasteiger partial charge in [0, 0.05) is 28.9 Å². The monoisotopic (exact) mass is 274 g/mol. The molecule has 96 valence electrons. The summed E-state index contributed by atoms with van der Waals surface area (Å²) < 4.78 is 11.9. The van der Waals surface area contributed by atoms with Gasteiger partial charge in [0.05, 0.1) is 5.75 Å². The molecule has 1 aliphatic rings. The zero-order valence-electron chi connectivity index (χ0n) is 9.80. The fraction of sp³-hybridized carbons (Fsp3) is 0.583. The van der Waals surface area contributed by atoms with Crippen molar-refractivity contribution in [1.82, 2.24) is 10.3 Å². The molecule has 1 fully saturated rings. The molecule has 0 saturated carbocycles. The van der Waals surface area contributed by atoms with Crippen molar-refractivity contribution < 1.29 is 4.21 Å². The Morgan fingerprint density at radius 1 is 1.41 bits per heavy atom. The van der Waals surface area contributed by atoms with Gasteiger partial charge in [-0.05, 0) is 43.5 Å². The Hall–Kier alpha value is -0.450. The Balaban J connectivity index is 0.00000144. The average Bonchev–Trinajstić information content (AvgIpc) is 2.31. The second-order valence-corrected chi connectivity index (χ2v) is 5.81. The number of nitrogens with one attached hydrogen (secondary N) is 1. The average molecular weight is 275 g/mol. The third-order valence-corrected chi connectivity index (χ3v) is 4.43. The third kappa shape index (κ3) is 5.15. The normalized spacial score (nSPS) is 18.4. The van der Waals surface area contributed by atoms with Crippen molar-refractivity contribution in [3.8, 4) is 0 Å². The van der Waals surface area contributed by atoms with Gasteiger partial charge in [-0.25, -0.2) is 0 Å². The standard InChI is InChI=1S/C12H18N2OS.ClH/c15-16(9-11-3-6-13-7-4-11)10-12-2-1-5-14-8-12;/h1-2,5,8,11,13H,3-4,6-7,9-10H2;1H. The first-order chi connectivity index (χ1) is 7.84. The highest BCUT2D eigenvalue weighted by atomic mass is 35.5. The summed E-state index contributed by atoms with van der Waals surface area (Å²) in [5, 5.41) is 3.33. The highest BCUT2D eigenvalue weighted by molar-refractivity contribution is 7.84. The molecule has 1 atom stereocenters. The van der Waals surface area contributed by atoms with Crippen molar-refractivity contribution >= 4 is 23.2 Å². The molecule has 1 aliphatic heterocycles. The van der Waals surface area contributed by atoms with Gasteiger partial charge < -0.3 is 5.32 Å². The molecule has 17 heavy (non-hydrogen) atoms. The molecule has 0 aromatic carbocycles. The van der Waals surface area contributed by atoms with E-state index < -0.39 is 10.8 Å². The molecule has 1 saturated heterocycles. The van der Waals surface area contributed by atoms with Gasteiger partial charge in [0.25, 0.3) is 0 Å². The van der Waals surface area contributed by atoms with E-state index in [1.165, 1.54) is 12.8 Å². The molecule has 0 aliphatic carbocycles. The SMILES string of the molecule is Cl.O=S(Cc1cccnc1)CC1CCNCC1. The first-order valence-corrected chi connectivity index (χ1v) is 7.28. The lowest BCUT2D eigenvalue weighted by Crippen LogP contribution is -2.30. The largest absolute Gasteiger partial charge is 0.317 e. The van der Waals surface area contributed by atoms with Crippen LogP contribution in [0.25, 0.3) is 0 Å². The first kappa shape index (κ1) is 14.6. The van der Waals surface area contributed by atoms with Crippen molar-refractivity contribution in [2.45, 2.75) is 18.6 Å². The summed E-state index contributed by atoms with van der Waals surface area (Å²) in [4.78, 5) is 4.04. The van der Waals surface area contributed by atoms with Gasteiger partial charge in [-0.15, -0.1) is 12.4 Å². The summed E-state index contributed by atoms with van der Waals surface area (Å²) in [6.07, 6.45) is 5.89. The van der Waals surface area contributed by atoms with Crippen molar-refractivity contribution in [2.24, 2.45) is 5.92 Å². The lowest BCUT2D eigenvalue weighted by molar-refractivity contribution is 0.405. The fourth-order valence-corrected chi connectivity index (χ4v) is 3.56. The van der Waals surface area contributed by atoms with Gasteiger partial charge in [0.2, 0.25) is 0 Å². The number of nitrogens with zero attached hydrogens (tertiary/aromatic N) is 1. The molecule has 3 nitrogen and oxygen atoms in total. The fourth-order valence-electron chi connectivity index (χ4n) is 2.04. The van der Waals surface area contributed by atoms with Crippen LogP contribution < -0.4 is 5.32 Å². The van der Waals surface area contributed by atoms with Crippen molar-refractivity contribution in [2.75, 3.05) is 18.8 Å². The molecular formula is C12H19ClN2OS. The minimum absolute atomic E-state index is 0. The Morgan fingerprint density at radius 2 is 2.18 bits per heavy atom. The van der Waals surface area contributed by atoms with Crippen LogP contribution >= 0.6 is 12.4 Å². The van der Waals surface area contributed by atoms with Crippen LogP contribution in [-0.4, -0.2) is 28.0 Å². The zero-order chi connectivity index (χ0) is 11.2. The Labute approximate surface area is 111 Å². The highest BCUT2D eigenvalue weighted by Crippen LogP contribution is 2.14. The van der Waals surface area contributed by atoms with Crippen LogP contribution in [0.1, 0.15) is 18.4 Å². The topological polar surface area (TPSA) is 42.0 Å². The van der Waals surface area contributed by atoms with Gasteiger partial charge in [0.15, 0.2) is 0 Å². The van der Waals surface area contributed by atoms with Crippen molar-refractivity contribution in [3.63, 3.8) is 0 Å². The van der Waals surface area contributed by atoms with E-state index in [9.17, 15) is 4.21 Å². The Morgan fingerprint density at radius 3 is 2.82 bits per heavy atom. The molecule has 1 aromatic heterocycles. The van der Waals surface area contributed by atoms with Crippen molar-refractivity contribution in [1.29, 1.82) is 0 Å². The summed E-state index contributed by atoms with van der Waals surface area (Å²) in [5.74, 6) is 2.13. The number of halogens is 1. The van der Waals surface area contributed by atoms with Gasteiger partial charge in [0.1, 0.15) is 0 Å². The second-order valence-electron chi connectivity index (χ2n) is 4.31. The van der Waals surface area contributed by atoms with Crippen LogP contribution in [0.4, 0.5) is 0 Å². The van der Waals surface area contributed by atoms with E-state index >= 15 is 0 Å². The van der Waals surface area contributed by atoms with Gasteiger partial charge in [-0.3, -0.25) is 9.19 Å². The minimum atomic E-state index is -0.736. The van der Waals surface area contributed by atoms with Gasteiger partial charge in [-0.2, -0.15) is 0 Å². The predicted octanol–water partition coefficient (Wildman–Crippen LogP) is 1.75. The lowest BCUT2D eigenvalue weighted by Gasteiger charge is -2.21. The maximum atomic E-state index is 11.9. The molecule has 1 unspecified atom stereocenters. The number of aromatic nitrogens is 1. The molecule has 5 heteroatoms. The number of hydrogen-bond acceptors (Lipinski definition) is 3. The van der Waals surface area contributed by atoms with E-state index in [1.54, 1.807) is 12.4 Å². The summed E-state index contributed by atoms with van der Waals surface area (Å²) in [6.45, 7) is 2.16. The smallest absolute Gasteiger partial charge is 0.0500 e. The van der Waals surface area contributed by atoms with Crippen LogP contribution in [0.3, 0.4) is 0 Å². The molecule has 1 N–H and O–H groups in total. The lowest BCUT2D eigenvalue weighted by atomic mass is 10.0. The Kier molecular flexibility index (Phi) is 6.70. The quantitative estimate of drug-likeness (QED) is 0.910. The molecule has 0 radical (unpaired) electrons. The minimum Gasteiger partial charge on any atom is -0.317 e. The van der Waals surface area contributed by atoms with E-state index in [-0.39, 0.29) is 12.4 Å². The van der Waals surface area contributed by atoms with E-state index in [0.717, 1.165) is 24.4 Å². The van der Waals surface area contributed by atoms with Gasteiger partial charge in [-0.1, -0.05) is 6.07 Å². The zero-order valence-corrected chi connectivity index (χ0v) is 11.4. The molecule has 2 rings (SSSR count). The van der Waals surface area contributed by atoms with Crippen molar-refractivity contribution in [3.05, 3.63) is 30.1 Å². The van der Waals surface area contributed by atoms with E-state index in [2.05, 4.69) is 10.3 Å². The number of rotatable bonds is 4. The van der Waals surface area contributed by atoms with E-state index in [0.29, 0.717) is 11.7 Å². The highest BCUT2D eigenvalue weighted by Gasteiger charge is 2.15. The molecule has 1 aromatic rings. The Bertz CT molecular complexity index is 342. The van der Waals surface area contributed by atoms with Crippen LogP contribution in [-0.2, 0) is 16.6 Å². The van der Waals surface area contributed by atoms with E-state index in [4.69, 9.17) is 0 Å². The predicted molar refractivity (Wildman–Crippen MR) is 73.8 cm³/mol. The van der Waals surface area contributed by atoms with E-state index in [1.807, 2.05) is 12.1 Å². The summed E-state index contributed by atoms with van der Waals surface area (Å²) in [6, 6.07) is 3.89. The van der Waals surface area contributed by atoms with Crippen LogP contribution in [0, 0.1) is 5.92 Å². The molecule has 0 amide bonds. The number of piperidine rings is 1. The maximum Gasteiger partial charge on any atom is 0.0500 e. The molecule has 0 bridgehead atoms. The van der Waals surface area contributed by atoms with Gasteiger partial charge >= 0.3 is 0 Å². The molecule has 0 spiro atoms. The summed E-state index contributed by atoms with van der Waals surface area (Å²) in [5.41, 5.74) is 1.08. The number of pyridine rings is 1. The molecular weight excluding hydrogens is 256 g/mol. The number of hydrogen-bond donors (Lipinski definition) is 1. The van der Waals surface area contributed by atoms with Crippen LogP contribution in [0.5, 0.6) is 0 Å². The van der Waals surface area contributed by atoms with Crippen LogP contribution in [0.2, 0.25) is 0 Å². The first-order valence-electron chi connectivity index (χ1n) is 5.79.